The van der Waals surface area contributed by atoms with Crippen LogP contribution in [0.1, 0.15) is 43.0 Å². The Labute approximate surface area is 121 Å². The number of nitrogens with zero attached hydrogens (tertiary/aromatic N) is 2. The first-order valence-corrected chi connectivity index (χ1v) is 6.86. The van der Waals surface area contributed by atoms with E-state index in [1.54, 1.807) is 0 Å². The van der Waals surface area contributed by atoms with Gasteiger partial charge >= 0.3 is 5.97 Å². The van der Waals surface area contributed by atoms with Gasteiger partial charge in [0.25, 0.3) is 5.69 Å². The fourth-order valence-electron chi connectivity index (χ4n) is 2.24. The second kappa shape index (κ2) is 6.17. The number of halogens is 1. The van der Waals surface area contributed by atoms with Gasteiger partial charge in [-0.25, -0.2) is 9.78 Å². The number of ether oxygens (including phenoxy) is 1. The number of rotatable bonds is 3. The van der Waals surface area contributed by atoms with Gasteiger partial charge in [-0.2, -0.15) is 0 Å². The topological polar surface area (TPSA) is 82.3 Å². The average molecular weight is 299 g/mol. The van der Waals surface area contributed by atoms with Crippen molar-refractivity contribution in [1.82, 2.24) is 4.98 Å². The van der Waals surface area contributed by atoms with E-state index in [1.165, 1.54) is 0 Å². The summed E-state index contributed by atoms with van der Waals surface area (Å²) in [4.78, 5) is 25.7. The number of hydrogen-bond acceptors (Lipinski definition) is 5. The smallest absolute Gasteiger partial charge is 0.341 e. The molecule has 0 amide bonds. The Morgan fingerprint density at radius 1 is 1.45 bits per heavy atom. The van der Waals surface area contributed by atoms with Gasteiger partial charge in [0.05, 0.1) is 4.92 Å². The summed E-state index contributed by atoms with van der Waals surface area (Å²) < 4.78 is 5.36. The Morgan fingerprint density at radius 2 is 2.10 bits per heavy atom. The van der Waals surface area contributed by atoms with Crippen LogP contribution in [-0.2, 0) is 4.74 Å². The van der Waals surface area contributed by atoms with Crippen molar-refractivity contribution < 1.29 is 14.5 Å². The summed E-state index contributed by atoms with van der Waals surface area (Å²) in [5, 5.41) is 10.6. The van der Waals surface area contributed by atoms with Crippen LogP contribution in [0, 0.1) is 16.0 Å². The molecule has 108 valence electrons. The Balaban J connectivity index is 2.08. The van der Waals surface area contributed by atoms with E-state index in [2.05, 4.69) is 11.9 Å². The largest absolute Gasteiger partial charge is 0.459 e. The average Bonchev–Trinajstić information content (AvgIpc) is 2.41. The Bertz CT molecular complexity index is 527. The van der Waals surface area contributed by atoms with E-state index < -0.39 is 10.9 Å². The van der Waals surface area contributed by atoms with Gasteiger partial charge < -0.3 is 4.74 Å². The fourth-order valence-corrected chi connectivity index (χ4v) is 2.42. The van der Waals surface area contributed by atoms with E-state index in [9.17, 15) is 14.9 Å². The molecule has 1 aromatic rings. The predicted molar refractivity (Wildman–Crippen MR) is 72.7 cm³/mol. The molecule has 0 saturated heterocycles. The van der Waals surface area contributed by atoms with Crippen LogP contribution in [0.15, 0.2) is 12.3 Å². The standard InChI is InChI=1S/C13H15ClN2O4/c1-8-2-4-10(5-3-8)20-13(17)11-6-9(16(18)19)7-15-12(11)14/h6-8,10H,2-5H2,1H3. The molecule has 1 saturated carbocycles. The van der Waals surface area contributed by atoms with Crippen molar-refractivity contribution in [3.8, 4) is 0 Å². The van der Waals surface area contributed by atoms with Crippen LogP contribution in [0.25, 0.3) is 0 Å². The van der Waals surface area contributed by atoms with Crippen molar-refractivity contribution in [2.45, 2.75) is 38.7 Å². The molecule has 1 heterocycles. The van der Waals surface area contributed by atoms with Gasteiger partial charge in [0, 0.05) is 6.07 Å². The van der Waals surface area contributed by atoms with Gasteiger partial charge in [-0.05, 0) is 31.6 Å². The fraction of sp³-hybridized carbons (Fsp3) is 0.538. The molecule has 0 aliphatic heterocycles. The second-order valence-corrected chi connectivity index (χ2v) is 5.43. The highest BCUT2D eigenvalue weighted by atomic mass is 35.5. The van der Waals surface area contributed by atoms with Crippen molar-refractivity contribution in [3.63, 3.8) is 0 Å². The van der Waals surface area contributed by atoms with Gasteiger partial charge in [0.1, 0.15) is 23.0 Å². The molecule has 0 unspecified atom stereocenters. The minimum Gasteiger partial charge on any atom is -0.459 e. The normalized spacial score (nSPS) is 22.3. The molecule has 0 radical (unpaired) electrons. The van der Waals surface area contributed by atoms with Crippen LogP contribution in [0.5, 0.6) is 0 Å². The number of carbonyl (C=O) groups is 1. The van der Waals surface area contributed by atoms with Crippen LogP contribution >= 0.6 is 11.6 Å². The van der Waals surface area contributed by atoms with Crippen molar-refractivity contribution in [1.29, 1.82) is 0 Å². The van der Waals surface area contributed by atoms with E-state index in [1.807, 2.05) is 0 Å². The van der Waals surface area contributed by atoms with E-state index in [4.69, 9.17) is 16.3 Å². The predicted octanol–water partition coefficient (Wildman–Crippen LogP) is 3.38. The van der Waals surface area contributed by atoms with E-state index in [0.717, 1.165) is 37.9 Å². The first kappa shape index (κ1) is 14.7. The minimum atomic E-state index is -0.647. The number of aromatic nitrogens is 1. The second-order valence-electron chi connectivity index (χ2n) is 5.08. The summed E-state index contributed by atoms with van der Waals surface area (Å²) in [6, 6.07) is 1.10. The quantitative estimate of drug-likeness (QED) is 0.370. The maximum absolute atomic E-state index is 12.0. The monoisotopic (exact) mass is 298 g/mol. The zero-order valence-corrected chi connectivity index (χ0v) is 11.8. The van der Waals surface area contributed by atoms with Crippen LogP contribution in [0.2, 0.25) is 5.15 Å². The zero-order chi connectivity index (χ0) is 14.7. The SMILES string of the molecule is CC1CCC(OC(=O)c2cc([N+](=O)[O-])cnc2Cl)CC1. The molecule has 6 nitrogen and oxygen atoms in total. The van der Waals surface area contributed by atoms with Crippen LogP contribution in [-0.4, -0.2) is 22.0 Å². The highest BCUT2D eigenvalue weighted by molar-refractivity contribution is 6.32. The van der Waals surface area contributed by atoms with Gasteiger partial charge in [-0.1, -0.05) is 18.5 Å². The number of pyridine rings is 1. The lowest BCUT2D eigenvalue weighted by atomic mass is 9.89. The lowest BCUT2D eigenvalue weighted by molar-refractivity contribution is -0.385. The molecule has 20 heavy (non-hydrogen) atoms. The minimum absolute atomic E-state index is 0.0560. The zero-order valence-electron chi connectivity index (χ0n) is 11.0. The van der Waals surface area contributed by atoms with Crippen LogP contribution in [0.3, 0.4) is 0 Å². The van der Waals surface area contributed by atoms with E-state index in [0.29, 0.717) is 5.92 Å². The summed E-state index contributed by atoms with van der Waals surface area (Å²) in [5.41, 5.74) is -0.335. The molecule has 0 N–H and O–H groups in total. The first-order chi connectivity index (χ1) is 9.47. The third kappa shape index (κ3) is 3.45. The summed E-state index contributed by atoms with van der Waals surface area (Å²) >= 11 is 5.80. The Morgan fingerprint density at radius 3 is 2.70 bits per heavy atom. The molecule has 1 fully saturated rings. The molecule has 0 bridgehead atoms. The molecule has 0 spiro atoms. The maximum Gasteiger partial charge on any atom is 0.341 e. The molecule has 1 aliphatic rings. The summed E-state index contributed by atoms with van der Waals surface area (Å²) in [7, 11) is 0. The van der Waals surface area contributed by atoms with Crippen molar-refractivity contribution >= 4 is 23.3 Å². The summed E-state index contributed by atoms with van der Waals surface area (Å²) in [6.45, 7) is 2.17. The summed E-state index contributed by atoms with van der Waals surface area (Å²) in [5.74, 6) is -0.00114. The summed E-state index contributed by atoms with van der Waals surface area (Å²) in [6.07, 6.45) is 4.52. The number of carbonyl (C=O) groups excluding carboxylic acids is 1. The number of esters is 1. The van der Waals surface area contributed by atoms with Gasteiger partial charge in [0.2, 0.25) is 0 Å². The van der Waals surface area contributed by atoms with E-state index >= 15 is 0 Å². The van der Waals surface area contributed by atoms with Gasteiger partial charge in [-0.15, -0.1) is 0 Å². The lowest BCUT2D eigenvalue weighted by Crippen LogP contribution is -2.24. The Kier molecular flexibility index (Phi) is 4.54. The molecule has 2 rings (SSSR count). The van der Waals surface area contributed by atoms with Gasteiger partial charge in [0.15, 0.2) is 0 Å². The highest BCUT2D eigenvalue weighted by Crippen LogP contribution is 2.27. The first-order valence-electron chi connectivity index (χ1n) is 6.48. The Hall–Kier alpha value is -1.69. The maximum atomic E-state index is 12.0. The molecule has 0 atom stereocenters. The lowest BCUT2D eigenvalue weighted by Gasteiger charge is -2.25. The number of nitro groups is 1. The van der Waals surface area contributed by atoms with Crippen LogP contribution in [0.4, 0.5) is 5.69 Å². The van der Waals surface area contributed by atoms with Crippen molar-refractivity contribution in [2.24, 2.45) is 5.92 Å². The van der Waals surface area contributed by atoms with Crippen molar-refractivity contribution in [2.75, 3.05) is 0 Å². The van der Waals surface area contributed by atoms with Gasteiger partial charge in [-0.3, -0.25) is 10.1 Å². The third-order valence-electron chi connectivity index (χ3n) is 3.49. The molecular formula is C13H15ClN2O4. The molecule has 1 aliphatic carbocycles. The van der Waals surface area contributed by atoms with Crippen LogP contribution < -0.4 is 0 Å². The molecular weight excluding hydrogens is 284 g/mol. The molecule has 1 aromatic heterocycles. The highest BCUT2D eigenvalue weighted by Gasteiger charge is 2.24. The number of hydrogen-bond donors (Lipinski definition) is 0. The third-order valence-corrected chi connectivity index (χ3v) is 3.79. The van der Waals surface area contributed by atoms with E-state index in [-0.39, 0.29) is 22.5 Å². The molecule has 0 aromatic carbocycles. The molecule has 7 heteroatoms. The van der Waals surface area contributed by atoms with Crippen molar-refractivity contribution in [3.05, 3.63) is 33.1 Å².